The first-order chi connectivity index (χ1) is 14.8. The summed E-state index contributed by atoms with van der Waals surface area (Å²) >= 11 is 0. The third-order valence-corrected chi connectivity index (χ3v) is 6.22. The van der Waals surface area contributed by atoms with Crippen molar-refractivity contribution in [3.63, 3.8) is 0 Å². The van der Waals surface area contributed by atoms with Crippen LogP contribution in [0.1, 0.15) is 74.8 Å². The Hall–Kier alpha value is -1.57. The molecule has 1 amide bonds. The molecule has 0 aromatic heterocycles. The molecule has 1 atom stereocenters. The third kappa shape index (κ3) is 6.49. The monoisotopic (exact) mass is 446 g/mol. The Morgan fingerprint density at radius 3 is 2.25 bits per heavy atom. The summed E-state index contributed by atoms with van der Waals surface area (Å²) in [6.45, 7) is 23.2. The highest BCUT2D eigenvalue weighted by Crippen LogP contribution is 2.36. The van der Waals surface area contributed by atoms with Gasteiger partial charge in [-0.2, -0.15) is 0 Å². The summed E-state index contributed by atoms with van der Waals surface area (Å²) in [6, 6.07) is 8.55. The minimum Gasteiger partial charge on any atom is -0.444 e. The molecule has 0 aliphatic carbocycles. The van der Waals surface area contributed by atoms with Crippen LogP contribution in [0.5, 0.6) is 0 Å². The lowest BCUT2D eigenvalue weighted by atomic mass is 9.78. The number of carbonyl (C=O) groups is 1. The quantitative estimate of drug-likeness (QED) is 0.642. The normalized spacial score (nSPS) is 22.9. The van der Waals surface area contributed by atoms with Crippen LogP contribution in [0.4, 0.5) is 4.79 Å². The van der Waals surface area contributed by atoms with Gasteiger partial charge in [-0.05, 0) is 66.4 Å². The van der Waals surface area contributed by atoms with Gasteiger partial charge in [0.1, 0.15) is 5.60 Å². The molecule has 1 unspecified atom stereocenters. The molecule has 7 heteroatoms. The maximum absolute atomic E-state index is 12.4. The van der Waals surface area contributed by atoms with Crippen molar-refractivity contribution in [2.45, 2.75) is 98.6 Å². The second kappa shape index (κ2) is 10.1. The summed E-state index contributed by atoms with van der Waals surface area (Å²) < 4.78 is 17.9. The lowest BCUT2D eigenvalue weighted by Crippen LogP contribution is -2.54. The minimum atomic E-state index is -0.470. The fraction of sp³-hybridized carbons (Fsp3) is 0.720. The average Bonchev–Trinajstić information content (AvgIpc) is 2.89. The zero-order chi connectivity index (χ0) is 24.3. The van der Waals surface area contributed by atoms with Crippen LogP contribution in [-0.4, -0.2) is 65.5 Å². The second-order valence-electron chi connectivity index (χ2n) is 10.6. The van der Waals surface area contributed by atoms with Gasteiger partial charge in [-0.3, -0.25) is 4.90 Å². The van der Waals surface area contributed by atoms with Crippen molar-refractivity contribution >= 4 is 18.7 Å². The van der Waals surface area contributed by atoms with E-state index in [1.54, 1.807) is 0 Å². The number of hydrogen-bond donors (Lipinski definition) is 0. The smallest absolute Gasteiger partial charge is 0.444 e. The Labute approximate surface area is 195 Å². The number of rotatable bonds is 3. The first-order valence-electron chi connectivity index (χ1n) is 11.9. The van der Waals surface area contributed by atoms with Crippen molar-refractivity contribution < 1.29 is 18.8 Å². The molecule has 2 aliphatic heterocycles. The van der Waals surface area contributed by atoms with Crippen molar-refractivity contribution in [3.8, 4) is 0 Å². The maximum Gasteiger partial charge on any atom is 0.494 e. The molecule has 1 aromatic rings. The number of nitrogens with zero attached hydrogens (tertiary/aromatic N) is 2. The molecular formula is C25H43BN2O4. The molecule has 2 saturated heterocycles. The molecule has 3 rings (SSSR count). The van der Waals surface area contributed by atoms with E-state index >= 15 is 0 Å². The highest BCUT2D eigenvalue weighted by Gasteiger charge is 2.51. The van der Waals surface area contributed by atoms with Crippen LogP contribution >= 0.6 is 0 Å². The molecule has 0 N–H and O–H groups in total. The van der Waals surface area contributed by atoms with Crippen LogP contribution < -0.4 is 5.46 Å². The maximum atomic E-state index is 12.4. The lowest BCUT2D eigenvalue weighted by molar-refractivity contribution is 0.000558. The summed E-state index contributed by atoms with van der Waals surface area (Å²) in [5.74, 6) is 0. The summed E-state index contributed by atoms with van der Waals surface area (Å²) in [5.41, 5.74) is 1.11. The molecule has 1 aromatic carbocycles. The van der Waals surface area contributed by atoms with E-state index in [9.17, 15) is 4.79 Å². The molecule has 180 valence electrons. The Bertz CT molecular complexity index is 759. The minimum absolute atomic E-state index is 0.111. The number of carbonyl (C=O) groups excluding carboxylic acids is 1. The van der Waals surface area contributed by atoms with Gasteiger partial charge in [-0.15, -0.1) is 0 Å². The van der Waals surface area contributed by atoms with Crippen LogP contribution in [0.2, 0.25) is 0 Å². The van der Waals surface area contributed by atoms with Gasteiger partial charge in [-0.25, -0.2) is 4.79 Å². The fourth-order valence-corrected chi connectivity index (χ4v) is 3.84. The van der Waals surface area contributed by atoms with E-state index in [-0.39, 0.29) is 30.5 Å². The molecular weight excluding hydrogens is 403 g/mol. The van der Waals surface area contributed by atoms with E-state index < -0.39 is 5.60 Å². The average molecular weight is 446 g/mol. The Kier molecular flexibility index (Phi) is 8.46. The fourth-order valence-electron chi connectivity index (χ4n) is 3.84. The molecule has 2 heterocycles. The summed E-state index contributed by atoms with van der Waals surface area (Å²) in [7, 11) is -0.349. The zero-order valence-electron chi connectivity index (χ0n) is 21.8. The lowest BCUT2D eigenvalue weighted by Gasteiger charge is -2.40. The van der Waals surface area contributed by atoms with Crippen molar-refractivity contribution in [1.82, 2.24) is 9.80 Å². The molecule has 2 aliphatic rings. The number of amides is 1. The largest absolute Gasteiger partial charge is 0.494 e. The molecule has 2 fully saturated rings. The standard InChI is InChI=1S/C23H37BN2O4.C2H6/c1-17-15-25(12-13-26(17)20(27)28-21(2,3)4)16-18-10-9-11-19(14-18)24-29-22(5,6)23(7,8)30-24;1-2/h9-11,14,17H,12-13,15-16H2,1-8H3;1-2H3. The van der Waals surface area contributed by atoms with Crippen LogP contribution in [0.3, 0.4) is 0 Å². The topological polar surface area (TPSA) is 51.2 Å². The van der Waals surface area contributed by atoms with Gasteiger partial charge >= 0.3 is 13.2 Å². The van der Waals surface area contributed by atoms with Crippen molar-refractivity contribution in [2.24, 2.45) is 0 Å². The SMILES string of the molecule is CC.CC1CN(Cc2cccc(B3OC(C)(C)C(C)(C)O3)c2)CCN1C(=O)OC(C)(C)C. The third-order valence-electron chi connectivity index (χ3n) is 6.22. The van der Waals surface area contributed by atoms with E-state index in [0.29, 0.717) is 6.54 Å². The predicted molar refractivity (Wildman–Crippen MR) is 131 cm³/mol. The Morgan fingerprint density at radius 2 is 1.72 bits per heavy atom. The van der Waals surface area contributed by atoms with Crippen LogP contribution in [-0.2, 0) is 20.6 Å². The zero-order valence-corrected chi connectivity index (χ0v) is 21.8. The summed E-state index contributed by atoms with van der Waals surface area (Å²) in [4.78, 5) is 16.7. The van der Waals surface area contributed by atoms with E-state index in [2.05, 4.69) is 63.8 Å². The van der Waals surface area contributed by atoms with Crippen molar-refractivity contribution in [1.29, 1.82) is 0 Å². The number of benzene rings is 1. The van der Waals surface area contributed by atoms with E-state index in [0.717, 1.165) is 25.1 Å². The van der Waals surface area contributed by atoms with E-state index in [4.69, 9.17) is 14.0 Å². The Morgan fingerprint density at radius 1 is 1.12 bits per heavy atom. The molecule has 0 bridgehead atoms. The van der Waals surface area contributed by atoms with Gasteiger partial charge < -0.3 is 18.9 Å². The van der Waals surface area contributed by atoms with E-state index in [1.807, 2.05) is 39.5 Å². The highest BCUT2D eigenvalue weighted by molar-refractivity contribution is 6.62. The van der Waals surface area contributed by atoms with Crippen LogP contribution in [0.25, 0.3) is 0 Å². The molecule has 6 nitrogen and oxygen atoms in total. The van der Waals surface area contributed by atoms with Gasteiger partial charge in [-0.1, -0.05) is 38.1 Å². The van der Waals surface area contributed by atoms with Gasteiger partial charge in [0, 0.05) is 32.2 Å². The second-order valence-corrected chi connectivity index (χ2v) is 10.6. The van der Waals surface area contributed by atoms with Gasteiger partial charge in [0.2, 0.25) is 0 Å². The first-order valence-corrected chi connectivity index (χ1v) is 11.9. The van der Waals surface area contributed by atoms with Gasteiger partial charge in [0.25, 0.3) is 0 Å². The number of piperazine rings is 1. The highest BCUT2D eigenvalue weighted by atomic mass is 16.7. The van der Waals surface area contributed by atoms with E-state index in [1.165, 1.54) is 5.56 Å². The first kappa shape index (κ1) is 26.7. The van der Waals surface area contributed by atoms with Crippen LogP contribution in [0.15, 0.2) is 24.3 Å². The van der Waals surface area contributed by atoms with Gasteiger partial charge in [0.05, 0.1) is 11.2 Å². The van der Waals surface area contributed by atoms with Crippen LogP contribution in [0, 0.1) is 0 Å². The van der Waals surface area contributed by atoms with Gasteiger partial charge in [0.15, 0.2) is 0 Å². The summed E-state index contributed by atoms with van der Waals surface area (Å²) in [6.07, 6.45) is -0.225. The molecule has 0 radical (unpaired) electrons. The number of hydrogen-bond acceptors (Lipinski definition) is 5. The number of ether oxygens (including phenoxy) is 1. The predicted octanol–water partition coefficient (Wildman–Crippen LogP) is 4.45. The van der Waals surface area contributed by atoms with Crippen molar-refractivity contribution in [2.75, 3.05) is 19.6 Å². The molecule has 0 spiro atoms. The molecule has 0 saturated carbocycles. The molecule has 32 heavy (non-hydrogen) atoms. The van der Waals surface area contributed by atoms with Crippen molar-refractivity contribution in [3.05, 3.63) is 29.8 Å². The Balaban J connectivity index is 0.00000176. The summed E-state index contributed by atoms with van der Waals surface area (Å²) in [5, 5.41) is 0.